The fourth-order valence-corrected chi connectivity index (χ4v) is 10.5. The molecule has 0 fully saturated rings. The molecular weight excluding hydrogens is 947 g/mol. The molecule has 1 amide bonds. The van der Waals surface area contributed by atoms with Crippen molar-refractivity contribution >= 4 is 11.9 Å². The second-order valence-electron chi connectivity index (χ2n) is 23.5. The van der Waals surface area contributed by atoms with Crippen LogP contribution in [-0.4, -0.2) is 47.4 Å². The molecule has 0 aliphatic heterocycles. The van der Waals surface area contributed by atoms with Gasteiger partial charge in [-0.15, -0.1) is 0 Å². The highest BCUT2D eigenvalue weighted by Crippen LogP contribution is 2.18. The largest absolute Gasteiger partial charge is 0.466 e. The van der Waals surface area contributed by atoms with Gasteiger partial charge in [0.25, 0.3) is 0 Å². The highest BCUT2D eigenvalue weighted by molar-refractivity contribution is 5.76. The van der Waals surface area contributed by atoms with Crippen molar-refractivity contribution in [2.24, 2.45) is 0 Å². The Morgan fingerprint density at radius 2 is 0.662 bits per heavy atom. The van der Waals surface area contributed by atoms with Crippen molar-refractivity contribution in [3.05, 3.63) is 48.6 Å². The summed E-state index contributed by atoms with van der Waals surface area (Å²) in [6.07, 6.45) is 86.0. The lowest BCUT2D eigenvalue weighted by Gasteiger charge is -2.20. The Morgan fingerprint density at radius 1 is 0.364 bits per heavy atom. The zero-order valence-electron chi connectivity index (χ0n) is 51.7. The normalized spacial score (nSPS) is 12.8. The van der Waals surface area contributed by atoms with Crippen LogP contribution in [0.3, 0.4) is 0 Å². The molecule has 3 N–H and O–H groups in total. The zero-order chi connectivity index (χ0) is 55.7. The van der Waals surface area contributed by atoms with Gasteiger partial charge in [0.15, 0.2) is 0 Å². The van der Waals surface area contributed by atoms with E-state index in [1.807, 2.05) is 6.08 Å². The number of esters is 1. The zero-order valence-corrected chi connectivity index (χ0v) is 51.7. The van der Waals surface area contributed by atoms with Gasteiger partial charge in [-0.3, -0.25) is 9.59 Å². The molecule has 2 atom stereocenters. The van der Waals surface area contributed by atoms with Crippen molar-refractivity contribution in [2.75, 3.05) is 13.2 Å². The minimum Gasteiger partial charge on any atom is -0.466 e. The second-order valence-corrected chi connectivity index (χ2v) is 23.5. The highest BCUT2D eigenvalue weighted by Gasteiger charge is 2.18. The molecule has 6 nitrogen and oxygen atoms in total. The molecule has 0 saturated heterocycles. The summed E-state index contributed by atoms with van der Waals surface area (Å²) in [6, 6.07) is -0.632. The van der Waals surface area contributed by atoms with Crippen molar-refractivity contribution in [3.8, 4) is 0 Å². The number of unbranched alkanes of at least 4 members (excludes halogenated alkanes) is 47. The number of allylic oxidation sites excluding steroid dienone is 7. The van der Waals surface area contributed by atoms with E-state index in [2.05, 4.69) is 55.6 Å². The van der Waals surface area contributed by atoms with E-state index in [1.54, 1.807) is 6.08 Å². The quantitative estimate of drug-likeness (QED) is 0.0320. The van der Waals surface area contributed by atoms with Crippen LogP contribution in [-0.2, 0) is 14.3 Å². The third-order valence-electron chi connectivity index (χ3n) is 15.8. The van der Waals surface area contributed by atoms with E-state index in [0.717, 1.165) is 51.4 Å². The van der Waals surface area contributed by atoms with Gasteiger partial charge in [-0.1, -0.05) is 319 Å². The van der Waals surface area contributed by atoms with Crippen LogP contribution in [0.25, 0.3) is 0 Å². The van der Waals surface area contributed by atoms with Gasteiger partial charge in [0, 0.05) is 12.8 Å². The smallest absolute Gasteiger partial charge is 0.305 e. The number of rotatable bonds is 64. The first-order valence-corrected chi connectivity index (χ1v) is 34.4. The first kappa shape index (κ1) is 74.8. The highest BCUT2D eigenvalue weighted by atomic mass is 16.5. The SMILES string of the molecule is CCCC/C=C\C/C=C\CCCCCCCC(=O)OCCCCCCCCCCCCCC/C=C\CCCCCCCCCCCC(=O)NC(CO)C(O)/C=C/CCCCCCCCCCCCCCCCCCCCC. The maximum atomic E-state index is 12.5. The molecule has 6 heteroatoms. The molecule has 0 saturated carbocycles. The van der Waals surface area contributed by atoms with E-state index in [0.29, 0.717) is 19.4 Å². The summed E-state index contributed by atoms with van der Waals surface area (Å²) in [5.74, 6) is -0.0699. The Morgan fingerprint density at radius 3 is 1.04 bits per heavy atom. The Hall–Kier alpha value is -2.18. The number of hydrogen-bond acceptors (Lipinski definition) is 5. The maximum absolute atomic E-state index is 12.5. The lowest BCUT2D eigenvalue weighted by Crippen LogP contribution is -2.45. The van der Waals surface area contributed by atoms with E-state index in [-0.39, 0.29) is 18.5 Å². The monoisotopic (exact) mass is 1080 g/mol. The molecule has 0 aromatic heterocycles. The summed E-state index contributed by atoms with van der Waals surface area (Å²) in [5.41, 5.74) is 0. The van der Waals surface area contributed by atoms with Gasteiger partial charge in [-0.05, 0) is 83.5 Å². The Labute approximate surface area is 480 Å². The summed E-state index contributed by atoms with van der Waals surface area (Å²) in [6.45, 7) is 4.88. The number of carbonyl (C=O) groups is 2. The van der Waals surface area contributed by atoms with E-state index >= 15 is 0 Å². The van der Waals surface area contributed by atoms with E-state index in [4.69, 9.17) is 4.74 Å². The Kier molecular flexibility index (Phi) is 64.5. The Bertz CT molecular complexity index is 1290. The average molecular weight is 1080 g/mol. The van der Waals surface area contributed by atoms with Crippen molar-refractivity contribution in [3.63, 3.8) is 0 Å². The average Bonchev–Trinajstić information content (AvgIpc) is 3.43. The number of ether oxygens (including phenoxy) is 1. The fourth-order valence-electron chi connectivity index (χ4n) is 10.5. The molecule has 0 spiro atoms. The predicted octanol–water partition coefficient (Wildman–Crippen LogP) is 22.1. The number of aliphatic hydroxyl groups excluding tert-OH is 2. The third kappa shape index (κ3) is 62.9. The summed E-state index contributed by atoms with van der Waals surface area (Å²) >= 11 is 0. The molecule has 0 bridgehead atoms. The van der Waals surface area contributed by atoms with Crippen LogP contribution in [0.15, 0.2) is 48.6 Å². The number of nitrogens with one attached hydrogen (secondary N) is 1. The van der Waals surface area contributed by atoms with Gasteiger partial charge in [0.2, 0.25) is 5.91 Å². The van der Waals surface area contributed by atoms with Gasteiger partial charge in [0.05, 0.1) is 25.4 Å². The third-order valence-corrected chi connectivity index (χ3v) is 15.8. The lowest BCUT2D eigenvalue weighted by atomic mass is 10.0. The molecular formula is C71H133NO5. The number of amides is 1. The van der Waals surface area contributed by atoms with Crippen molar-refractivity contribution < 1.29 is 24.5 Å². The minimum atomic E-state index is -0.848. The van der Waals surface area contributed by atoms with Crippen molar-refractivity contribution in [1.29, 1.82) is 0 Å². The van der Waals surface area contributed by atoms with Crippen LogP contribution in [0.1, 0.15) is 367 Å². The number of carbonyl (C=O) groups excluding carboxylic acids is 2. The Balaban J connectivity index is 3.43. The van der Waals surface area contributed by atoms with Crippen molar-refractivity contribution in [1.82, 2.24) is 5.32 Å². The van der Waals surface area contributed by atoms with E-state index < -0.39 is 12.1 Å². The topological polar surface area (TPSA) is 95.9 Å². The molecule has 0 rings (SSSR count). The van der Waals surface area contributed by atoms with Crippen LogP contribution in [0.4, 0.5) is 0 Å². The molecule has 0 aromatic rings. The van der Waals surface area contributed by atoms with Crippen LogP contribution in [0, 0.1) is 0 Å². The minimum absolute atomic E-state index is 0.00157. The standard InChI is InChI=1S/C71H133NO5/c1-3-5-7-9-11-13-15-17-19-20-21-27-30-33-36-39-43-47-51-55-59-63-69(74)68(67-73)72-70(75)64-60-56-52-48-44-40-37-34-31-28-25-23-22-24-26-29-32-35-38-42-46-50-54-58-62-66-77-71(76)65-61-57-53-49-45-41-18-16-14-12-10-8-6-4-2/h10,12,16,18,23,25,59,63,68-69,73-74H,3-9,11,13-15,17,19-22,24,26-58,60-62,64-67H2,1-2H3,(H,72,75)/b12-10-,18-16-,25-23-,63-59+. The fraction of sp³-hybridized carbons (Fsp3) is 0.859. The van der Waals surface area contributed by atoms with Crippen LogP contribution in [0.2, 0.25) is 0 Å². The van der Waals surface area contributed by atoms with Gasteiger partial charge >= 0.3 is 5.97 Å². The first-order chi connectivity index (χ1) is 38.0. The van der Waals surface area contributed by atoms with Gasteiger partial charge < -0.3 is 20.3 Å². The van der Waals surface area contributed by atoms with Crippen molar-refractivity contribution in [2.45, 2.75) is 379 Å². The van der Waals surface area contributed by atoms with Crippen LogP contribution >= 0.6 is 0 Å². The summed E-state index contributed by atoms with van der Waals surface area (Å²) < 4.78 is 5.48. The molecule has 77 heavy (non-hydrogen) atoms. The molecule has 0 aliphatic carbocycles. The van der Waals surface area contributed by atoms with E-state index in [9.17, 15) is 19.8 Å². The molecule has 0 aromatic carbocycles. The van der Waals surface area contributed by atoms with Gasteiger partial charge in [-0.2, -0.15) is 0 Å². The lowest BCUT2D eigenvalue weighted by molar-refractivity contribution is -0.143. The number of hydrogen-bond donors (Lipinski definition) is 3. The second kappa shape index (κ2) is 66.3. The van der Waals surface area contributed by atoms with E-state index in [1.165, 1.54) is 289 Å². The maximum Gasteiger partial charge on any atom is 0.305 e. The van der Waals surface area contributed by atoms with Gasteiger partial charge in [0.1, 0.15) is 0 Å². The number of aliphatic hydroxyl groups is 2. The molecule has 0 radical (unpaired) electrons. The summed E-state index contributed by atoms with van der Waals surface area (Å²) in [5, 5.41) is 23.2. The molecule has 0 heterocycles. The van der Waals surface area contributed by atoms with Gasteiger partial charge in [-0.25, -0.2) is 0 Å². The predicted molar refractivity (Wildman–Crippen MR) is 338 cm³/mol. The molecule has 2 unspecified atom stereocenters. The van der Waals surface area contributed by atoms with Crippen LogP contribution < -0.4 is 5.32 Å². The summed E-state index contributed by atoms with van der Waals surface area (Å²) in [4.78, 5) is 24.6. The summed E-state index contributed by atoms with van der Waals surface area (Å²) in [7, 11) is 0. The van der Waals surface area contributed by atoms with Crippen LogP contribution in [0.5, 0.6) is 0 Å². The first-order valence-electron chi connectivity index (χ1n) is 34.4. The molecule has 452 valence electrons. The molecule has 0 aliphatic rings.